The standard InChI is InChI=1S/C15H21N5O/c1-2-21-14-6-4-3-5-12(14)13(9-16)19-7-8-20-11-17-18-15(20)10-19/h3-6,11,13H,2,7-10,16H2,1H3. The highest BCUT2D eigenvalue weighted by Crippen LogP contribution is 2.30. The van der Waals surface area contributed by atoms with Crippen molar-refractivity contribution >= 4 is 0 Å². The van der Waals surface area contributed by atoms with Crippen LogP contribution >= 0.6 is 0 Å². The Kier molecular flexibility index (Phi) is 4.17. The second-order valence-corrected chi connectivity index (χ2v) is 5.13. The highest BCUT2D eigenvalue weighted by molar-refractivity contribution is 5.36. The minimum absolute atomic E-state index is 0.137. The molecule has 1 aliphatic heterocycles. The Morgan fingerprint density at radius 2 is 2.19 bits per heavy atom. The van der Waals surface area contributed by atoms with Gasteiger partial charge < -0.3 is 15.0 Å². The molecule has 1 unspecified atom stereocenters. The summed E-state index contributed by atoms with van der Waals surface area (Å²) in [4.78, 5) is 2.35. The number of benzene rings is 1. The lowest BCUT2D eigenvalue weighted by Crippen LogP contribution is -2.39. The summed E-state index contributed by atoms with van der Waals surface area (Å²) in [5, 5.41) is 8.15. The molecular formula is C15H21N5O. The summed E-state index contributed by atoms with van der Waals surface area (Å²) in [7, 11) is 0. The van der Waals surface area contributed by atoms with Crippen LogP contribution in [0, 0.1) is 0 Å². The number of fused-ring (bicyclic) bond motifs is 1. The van der Waals surface area contributed by atoms with Crippen molar-refractivity contribution in [1.82, 2.24) is 19.7 Å². The molecule has 2 heterocycles. The van der Waals surface area contributed by atoms with Crippen molar-refractivity contribution in [1.29, 1.82) is 0 Å². The molecule has 2 aromatic rings. The van der Waals surface area contributed by atoms with Crippen molar-refractivity contribution in [2.45, 2.75) is 26.1 Å². The van der Waals surface area contributed by atoms with Crippen molar-refractivity contribution < 1.29 is 4.74 Å². The Morgan fingerprint density at radius 3 is 3.00 bits per heavy atom. The number of para-hydroxylation sites is 1. The Bertz CT molecular complexity index is 597. The first-order valence-corrected chi connectivity index (χ1v) is 7.36. The molecule has 1 atom stereocenters. The number of nitrogens with two attached hydrogens (primary N) is 1. The lowest BCUT2D eigenvalue weighted by Gasteiger charge is -2.34. The van der Waals surface area contributed by atoms with Crippen LogP contribution in [0.4, 0.5) is 0 Å². The van der Waals surface area contributed by atoms with E-state index in [4.69, 9.17) is 10.5 Å². The Balaban J connectivity index is 1.86. The van der Waals surface area contributed by atoms with E-state index in [1.807, 2.05) is 25.1 Å². The molecule has 1 aromatic carbocycles. The van der Waals surface area contributed by atoms with Gasteiger partial charge in [-0.2, -0.15) is 0 Å². The average Bonchev–Trinajstić information content (AvgIpc) is 2.98. The third-order valence-electron chi connectivity index (χ3n) is 3.91. The van der Waals surface area contributed by atoms with Crippen LogP contribution in [0.15, 0.2) is 30.6 Å². The van der Waals surface area contributed by atoms with Gasteiger partial charge >= 0.3 is 0 Å². The molecule has 1 aliphatic rings. The molecule has 0 amide bonds. The van der Waals surface area contributed by atoms with Crippen LogP contribution in [0.1, 0.15) is 24.4 Å². The minimum Gasteiger partial charge on any atom is -0.494 e. The zero-order chi connectivity index (χ0) is 14.7. The summed E-state index contributed by atoms with van der Waals surface area (Å²) < 4.78 is 7.85. The Labute approximate surface area is 124 Å². The molecule has 0 spiro atoms. The van der Waals surface area contributed by atoms with E-state index in [0.29, 0.717) is 13.2 Å². The van der Waals surface area contributed by atoms with Crippen LogP contribution in [0.25, 0.3) is 0 Å². The zero-order valence-electron chi connectivity index (χ0n) is 12.3. The van der Waals surface area contributed by atoms with Crippen LogP contribution in [-0.2, 0) is 13.1 Å². The molecule has 0 saturated carbocycles. The van der Waals surface area contributed by atoms with Gasteiger partial charge in [0.1, 0.15) is 17.9 Å². The molecule has 0 bridgehead atoms. The lowest BCUT2D eigenvalue weighted by molar-refractivity contribution is 0.153. The van der Waals surface area contributed by atoms with Gasteiger partial charge in [-0.1, -0.05) is 18.2 Å². The number of hydrogen-bond donors (Lipinski definition) is 1. The van der Waals surface area contributed by atoms with Crippen molar-refractivity contribution in [2.24, 2.45) is 5.73 Å². The van der Waals surface area contributed by atoms with Crippen molar-refractivity contribution in [2.75, 3.05) is 19.7 Å². The van der Waals surface area contributed by atoms with E-state index < -0.39 is 0 Å². The van der Waals surface area contributed by atoms with E-state index in [1.54, 1.807) is 6.33 Å². The molecule has 1 aromatic heterocycles. The van der Waals surface area contributed by atoms with Gasteiger partial charge in [0, 0.05) is 25.2 Å². The molecule has 0 aliphatic carbocycles. The highest BCUT2D eigenvalue weighted by Gasteiger charge is 2.26. The third kappa shape index (κ3) is 2.77. The van der Waals surface area contributed by atoms with Gasteiger partial charge in [0.25, 0.3) is 0 Å². The fraction of sp³-hybridized carbons (Fsp3) is 0.467. The lowest BCUT2D eigenvalue weighted by atomic mass is 10.0. The maximum Gasteiger partial charge on any atom is 0.147 e. The first kappa shape index (κ1) is 14.0. The average molecular weight is 287 g/mol. The molecule has 2 N–H and O–H groups in total. The quantitative estimate of drug-likeness (QED) is 0.894. The maximum absolute atomic E-state index is 6.06. The van der Waals surface area contributed by atoms with Crippen LogP contribution < -0.4 is 10.5 Å². The number of aromatic nitrogens is 3. The summed E-state index contributed by atoms with van der Waals surface area (Å²) >= 11 is 0. The van der Waals surface area contributed by atoms with Gasteiger partial charge in [-0.05, 0) is 13.0 Å². The Hall–Kier alpha value is -1.92. The summed E-state index contributed by atoms with van der Waals surface area (Å²) in [5.41, 5.74) is 7.20. The second kappa shape index (κ2) is 6.24. The largest absolute Gasteiger partial charge is 0.494 e. The van der Waals surface area contributed by atoms with Crippen LogP contribution in [0.2, 0.25) is 0 Å². The molecule has 3 rings (SSSR count). The highest BCUT2D eigenvalue weighted by atomic mass is 16.5. The first-order chi connectivity index (χ1) is 10.3. The van der Waals surface area contributed by atoms with Crippen molar-refractivity contribution in [3.63, 3.8) is 0 Å². The fourth-order valence-corrected chi connectivity index (χ4v) is 2.87. The van der Waals surface area contributed by atoms with E-state index in [-0.39, 0.29) is 6.04 Å². The van der Waals surface area contributed by atoms with E-state index >= 15 is 0 Å². The van der Waals surface area contributed by atoms with E-state index in [2.05, 4.69) is 25.7 Å². The monoisotopic (exact) mass is 287 g/mol. The summed E-state index contributed by atoms with van der Waals surface area (Å²) in [6, 6.07) is 8.27. The van der Waals surface area contributed by atoms with E-state index in [0.717, 1.165) is 36.8 Å². The first-order valence-electron chi connectivity index (χ1n) is 7.36. The van der Waals surface area contributed by atoms with Crippen molar-refractivity contribution in [3.05, 3.63) is 42.0 Å². The van der Waals surface area contributed by atoms with Crippen LogP contribution in [0.3, 0.4) is 0 Å². The molecule has 112 valence electrons. The molecule has 0 radical (unpaired) electrons. The van der Waals surface area contributed by atoms with Gasteiger partial charge in [0.2, 0.25) is 0 Å². The van der Waals surface area contributed by atoms with Gasteiger partial charge in [-0.15, -0.1) is 10.2 Å². The smallest absolute Gasteiger partial charge is 0.147 e. The van der Waals surface area contributed by atoms with Gasteiger partial charge in [0.15, 0.2) is 0 Å². The summed E-state index contributed by atoms with van der Waals surface area (Å²) in [6.07, 6.45) is 1.79. The summed E-state index contributed by atoms with van der Waals surface area (Å²) in [6.45, 7) is 5.81. The topological polar surface area (TPSA) is 69.2 Å². The van der Waals surface area contributed by atoms with E-state index in [1.165, 1.54) is 0 Å². The molecule has 6 nitrogen and oxygen atoms in total. The van der Waals surface area contributed by atoms with Gasteiger partial charge in [-0.3, -0.25) is 4.90 Å². The minimum atomic E-state index is 0.137. The second-order valence-electron chi connectivity index (χ2n) is 5.13. The number of rotatable bonds is 5. The van der Waals surface area contributed by atoms with E-state index in [9.17, 15) is 0 Å². The van der Waals surface area contributed by atoms with Gasteiger partial charge in [0.05, 0.1) is 19.2 Å². The molecule has 6 heteroatoms. The number of ether oxygens (including phenoxy) is 1. The third-order valence-corrected chi connectivity index (χ3v) is 3.91. The Morgan fingerprint density at radius 1 is 1.33 bits per heavy atom. The molecule has 0 saturated heterocycles. The van der Waals surface area contributed by atoms with Crippen molar-refractivity contribution in [3.8, 4) is 5.75 Å². The fourth-order valence-electron chi connectivity index (χ4n) is 2.87. The van der Waals surface area contributed by atoms with Crippen LogP contribution in [0.5, 0.6) is 5.75 Å². The number of nitrogens with zero attached hydrogens (tertiary/aromatic N) is 4. The van der Waals surface area contributed by atoms with Crippen LogP contribution in [-0.4, -0.2) is 39.4 Å². The zero-order valence-corrected chi connectivity index (χ0v) is 12.3. The molecule has 0 fully saturated rings. The number of hydrogen-bond acceptors (Lipinski definition) is 5. The molecule has 21 heavy (non-hydrogen) atoms. The molecular weight excluding hydrogens is 266 g/mol. The normalized spacial score (nSPS) is 16.5. The summed E-state index contributed by atoms with van der Waals surface area (Å²) in [5.74, 6) is 1.91. The SMILES string of the molecule is CCOc1ccccc1C(CN)N1CCn2cnnc2C1. The predicted molar refractivity (Wildman–Crippen MR) is 79.8 cm³/mol. The van der Waals surface area contributed by atoms with Gasteiger partial charge in [-0.25, -0.2) is 0 Å². The maximum atomic E-state index is 6.06. The predicted octanol–water partition coefficient (Wildman–Crippen LogP) is 1.19.